The van der Waals surface area contributed by atoms with Crippen molar-refractivity contribution < 1.29 is 9.59 Å². The van der Waals surface area contributed by atoms with E-state index in [0.717, 1.165) is 36.0 Å². The van der Waals surface area contributed by atoms with Crippen molar-refractivity contribution in [2.75, 3.05) is 37.6 Å². The number of rotatable bonds is 4. The van der Waals surface area contributed by atoms with Crippen LogP contribution in [0.4, 0.5) is 5.82 Å². The van der Waals surface area contributed by atoms with Crippen molar-refractivity contribution in [3.8, 4) is 0 Å². The molecule has 0 bridgehead atoms. The summed E-state index contributed by atoms with van der Waals surface area (Å²) in [6, 6.07) is 12.0. The molecule has 3 heterocycles. The Morgan fingerprint density at radius 2 is 1.77 bits per heavy atom. The van der Waals surface area contributed by atoms with Crippen LogP contribution in [0.2, 0.25) is 0 Å². The summed E-state index contributed by atoms with van der Waals surface area (Å²) < 4.78 is 0. The zero-order valence-electron chi connectivity index (χ0n) is 17.9. The molecule has 2 aliphatic heterocycles. The van der Waals surface area contributed by atoms with E-state index >= 15 is 0 Å². The zero-order valence-corrected chi connectivity index (χ0v) is 17.9. The molecule has 7 nitrogen and oxygen atoms in total. The SMILES string of the molecule is Cc1cc(N2CCN(C(=O)C3CC(=O)N(C(C)c4ccccc4)C3)CC2)nc(C)n1. The minimum Gasteiger partial charge on any atom is -0.353 e. The van der Waals surface area contributed by atoms with Crippen molar-refractivity contribution in [2.45, 2.75) is 33.2 Å². The van der Waals surface area contributed by atoms with Crippen LogP contribution in [-0.2, 0) is 9.59 Å². The van der Waals surface area contributed by atoms with Crippen LogP contribution in [0.5, 0.6) is 0 Å². The fraction of sp³-hybridized carbons (Fsp3) is 0.478. The largest absolute Gasteiger partial charge is 0.353 e. The van der Waals surface area contributed by atoms with Crippen molar-refractivity contribution in [1.29, 1.82) is 0 Å². The van der Waals surface area contributed by atoms with E-state index in [1.165, 1.54) is 0 Å². The number of carbonyl (C=O) groups is 2. The minimum atomic E-state index is -0.251. The van der Waals surface area contributed by atoms with Crippen molar-refractivity contribution >= 4 is 17.6 Å². The van der Waals surface area contributed by atoms with E-state index in [2.05, 4.69) is 14.9 Å². The Hall–Kier alpha value is -2.96. The van der Waals surface area contributed by atoms with Crippen molar-refractivity contribution in [3.05, 3.63) is 53.5 Å². The normalized spacial score (nSPS) is 20.6. The number of anilines is 1. The van der Waals surface area contributed by atoms with Gasteiger partial charge in [0.15, 0.2) is 0 Å². The first-order valence-corrected chi connectivity index (χ1v) is 10.6. The molecule has 2 amide bonds. The van der Waals surface area contributed by atoms with Gasteiger partial charge in [-0.05, 0) is 26.3 Å². The topological polar surface area (TPSA) is 69.6 Å². The van der Waals surface area contributed by atoms with E-state index in [1.54, 1.807) is 0 Å². The Labute approximate surface area is 177 Å². The number of benzene rings is 1. The Balaban J connectivity index is 1.36. The van der Waals surface area contributed by atoms with Crippen molar-refractivity contribution in [2.24, 2.45) is 5.92 Å². The molecule has 4 rings (SSSR count). The molecule has 1 aromatic carbocycles. The van der Waals surface area contributed by atoms with Gasteiger partial charge in [0, 0.05) is 50.9 Å². The Morgan fingerprint density at radius 1 is 1.07 bits per heavy atom. The Kier molecular flexibility index (Phi) is 5.70. The monoisotopic (exact) mass is 407 g/mol. The number of amides is 2. The van der Waals surface area contributed by atoms with Crippen LogP contribution in [0.15, 0.2) is 36.4 Å². The molecule has 0 radical (unpaired) electrons. The molecular weight excluding hydrogens is 378 g/mol. The van der Waals surface area contributed by atoms with Gasteiger partial charge in [-0.25, -0.2) is 9.97 Å². The first-order valence-electron chi connectivity index (χ1n) is 10.6. The van der Waals surface area contributed by atoms with Gasteiger partial charge in [0.05, 0.1) is 12.0 Å². The van der Waals surface area contributed by atoms with E-state index in [9.17, 15) is 9.59 Å². The molecule has 0 aliphatic carbocycles. The number of nitrogens with zero attached hydrogens (tertiary/aromatic N) is 5. The first kappa shape index (κ1) is 20.3. The smallest absolute Gasteiger partial charge is 0.228 e. The van der Waals surface area contributed by atoms with E-state index in [-0.39, 0.29) is 23.8 Å². The van der Waals surface area contributed by atoms with Gasteiger partial charge in [0.2, 0.25) is 11.8 Å². The van der Waals surface area contributed by atoms with Crippen LogP contribution in [0.25, 0.3) is 0 Å². The van der Waals surface area contributed by atoms with Crippen LogP contribution < -0.4 is 4.90 Å². The fourth-order valence-corrected chi connectivity index (χ4v) is 4.46. The number of aromatic nitrogens is 2. The third-order valence-electron chi connectivity index (χ3n) is 6.13. The van der Waals surface area contributed by atoms with Gasteiger partial charge >= 0.3 is 0 Å². The molecule has 2 unspecified atom stereocenters. The summed E-state index contributed by atoms with van der Waals surface area (Å²) in [7, 11) is 0. The maximum absolute atomic E-state index is 13.1. The highest BCUT2D eigenvalue weighted by Crippen LogP contribution is 2.29. The molecule has 2 atom stereocenters. The highest BCUT2D eigenvalue weighted by molar-refractivity contribution is 5.89. The molecule has 158 valence electrons. The van der Waals surface area contributed by atoms with Gasteiger partial charge in [0.25, 0.3) is 0 Å². The molecule has 2 fully saturated rings. The van der Waals surface area contributed by atoms with Crippen LogP contribution in [0, 0.1) is 19.8 Å². The van der Waals surface area contributed by atoms with E-state index in [4.69, 9.17) is 0 Å². The highest BCUT2D eigenvalue weighted by Gasteiger charge is 2.39. The third kappa shape index (κ3) is 4.15. The number of piperazine rings is 1. The summed E-state index contributed by atoms with van der Waals surface area (Å²) in [4.78, 5) is 40.6. The number of carbonyl (C=O) groups excluding carboxylic acids is 2. The predicted octanol–water partition coefficient (Wildman–Crippen LogP) is 2.35. The Morgan fingerprint density at radius 3 is 2.43 bits per heavy atom. The van der Waals surface area contributed by atoms with Gasteiger partial charge in [-0.1, -0.05) is 30.3 Å². The van der Waals surface area contributed by atoms with Crippen LogP contribution in [0.3, 0.4) is 0 Å². The van der Waals surface area contributed by atoms with Crippen LogP contribution >= 0.6 is 0 Å². The molecule has 1 aromatic heterocycles. The average molecular weight is 408 g/mol. The summed E-state index contributed by atoms with van der Waals surface area (Å²) in [6.45, 7) is 9.19. The molecule has 0 saturated carbocycles. The summed E-state index contributed by atoms with van der Waals surface area (Å²) in [6.07, 6.45) is 0.306. The number of hydrogen-bond acceptors (Lipinski definition) is 5. The first-order chi connectivity index (χ1) is 14.4. The second-order valence-corrected chi connectivity index (χ2v) is 8.26. The third-order valence-corrected chi connectivity index (χ3v) is 6.13. The molecular formula is C23H29N5O2. The van der Waals surface area contributed by atoms with E-state index in [0.29, 0.717) is 26.1 Å². The lowest BCUT2D eigenvalue weighted by atomic mass is 10.1. The summed E-state index contributed by atoms with van der Waals surface area (Å²) in [5.41, 5.74) is 2.05. The molecule has 30 heavy (non-hydrogen) atoms. The van der Waals surface area contributed by atoms with Crippen LogP contribution in [0.1, 0.15) is 36.5 Å². The molecule has 7 heteroatoms. The lowest BCUT2D eigenvalue weighted by Crippen LogP contribution is -2.51. The van der Waals surface area contributed by atoms with Gasteiger partial charge in [-0.2, -0.15) is 0 Å². The molecule has 2 saturated heterocycles. The summed E-state index contributed by atoms with van der Waals surface area (Å²) >= 11 is 0. The maximum atomic E-state index is 13.1. The molecule has 2 aliphatic rings. The zero-order chi connectivity index (χ0) is 21.3. The van der Waals surface area contributed by atoms with Crippen LogP contribution in [-0.4, -0.2) is 64.3 Å². The Bertz CT molecular complexity index is 904. The predicted molar refractivity (Wildman–Crippen MR) is 115 cm³/mol. The van der Waals surface area contributed by atoms with Gasteiger partial charge < -0.3 is 14.7 Å². The summed E-state index contributed by atoms with van der Waals surface area (Å²) in [5, 5.41) is 0. The minimum absolute atomic E-state index is 0.0161. The number of likely N-dealkylation sites (tertiary alicyclic amines) is 1. The van der Waals surface area contributed by atoms with Crippen molar-refractivity contribution in [3.63, 3.8) is 0 Å². The quantitative estimate of drug-likeness (QED) is 0.778. The van der Waals surface area contributed by atoms with Crippen molar-refractivity contribution in [1.82, 2.24) is 19.8 Å². The number of hydrogen-bond donors (Lipinski definition) is 0. The highest BCUT2D eigenvalue weighted by atomic mass is 16.2. The maximum Gasteiger partial charge on any atom is 0.228 e. The molecule has 2 aromatic rings. The van der Waals surface area contributed by atoms with Gasteiger partial charge in [-0.15, -0.1) is 0 Å². The lowest BCUT2D eigenvalue weighted by Gasteiger charge is -2.36. The fourth-order valence-electron chi connectivity index (χ4n) is 4.46. The van der Waals surface area contributed by atoms with Gasteiger partial charge in [-0.3, -0.25) is 9.59 Å². The van der Waals surface area contributed by atoms with E-state index in [1.807, 2.05) is 67.0 Å². The molecule has 0 N–H and O–H groups in total. The van der Waals surface area contributed by atoms with E-state index < -0.39 is 0 Å². The number of aryl methyl sites for hydroxylation is 2. The standard InChI is InChI=1S/C23H29N5O2/c1-16-13-21(25-18(3)24-16)26-9-11-27(12-10-26)23(30)20-14-22(29)28(15-20)17(2)19-7-5-4-6-8-19/h4-8,13,17,20H,9-12,14-15H2,1-3H3. The lowest BCUT2D eigenvalue weighted by molar-refractivity contribution is -0.136. The average Bonchev–Trinajstić information content (AvgIpc) is 3.14. The molecule has 0 spiro atoms. The van der Waals surface area contributed by atoms with Gasteiger partial charge in [0.1, 0.15) is 11.6 Å². The second kappa shape index (κ2) is 8.42. The second-order valence-electron chi connectivity index (χ2n) is 8.26. The summed E-state index contributed by atoms with van der Waals surface area (Å²) in [5.74, 6) is 1.60.